The van der Waals surface area contributed by atoms with E-state index in [1.165, 1.54) is 11.1 Å². The number of hydrogen-bond donors (Lipinski definition) is 1. The minimum atomic E-state index is -0.513. The Morgan fingerprint density at radius 3 is 2.70 bits per heavy atom. The molecule has 1 amide bonds. The second kappa shape index (κ2) is 5.47. The maximum absolute atomic E-state index is 12.4. The standard InChI is InChI=1S/C17H17NO2/c1-12-6-8-14(9-7-12)18-17(19)16-15-5-3-2-4-13(15)10-11-20-16/h2-9,16H,10-11H2,1H3,(H,18,19)/t16-/m0/s1. The average molecular weight is 267 g/mol. The molecule has 3 heteroatoms. The molecule has 1 aliphatic heterocycles. The van der Waals surface area contributed by atoms with Crippen LogP contribution < -0.4 is 5.32 Å². The lowest BCUT2D eigenvalue weighted by Crippen LogP contribution is -2.28. The molecule has 0 spiro atoms. The van der Waals surface area contributed by atoms with E-state index in [9.17, 15) is 4.79 Å². The Balaban J connectivity index is 1.80. The number of anilines is 1. The van der Waals surface area contributed by atoms with Gasteiger partial charge in [0.1, 0.15) is 0 Å². The molecule has 102 valence electrons. The van der Waals surface area contributed by atoms with Crippen LogP contribution in [0.2, 0.25) is 0 Å². The van der Waals surface area contributed by atoms with Crippen LogP contribution in [-0.4, -0.2) is 12.5 Å². The SMILES string of the molecule is Cc1ccc(NC(=O)[C@H]2OCCc3ccccc32)cc1. The molecule has 0 aliphatic carbocycles. The van der Waals surface area contributed by atoms with Crippen molar-refractivity contribution in [3.63, 3.8) is 0 Å². The Morgan fingerprint density at radius 2 is 1.90 bits per heavy atom. The summed E-state index contributed by atoms with van der Waals surface area (Å²) < 4.78 is 5.65. The molecule has 0 aromatic heterocycles. The third-order valence-corrected chi connectivity index (χ3v) is 3.55. The minimum absolute atomic E-state index is 0.110. The minimum Gasteiger partial charge on any atom is -0.363 e. The van der Waals surface area contributed by atoms with Crippen LogP contribution in [-0.2, 0) is 16.0 Å². The highest BCUT2D eigenvalue weighted by Gasteiger charge is 2.27. The Labute approximate surface area is 118 Å². The van der Waals surface area contributed by atoms with Crippen molar-refractivity contribution in [2.45, 2.75) is 19.4 Å². The summed E-state index contributed by atoms with van der Waals surface area (Å²) in [6.45, 7) is 2.61. The molecule has 2 aromatic rings. The summed E-state index contributed by atoms with van der Waals surface area (Å²) in [6.07, 6.45) is 0.353. The lowest BCUT2D eigenvalue weighted by molar-refractivity contribution is -0.128. The molecular weight excluding hydrogens is 250 g/mol. The number of ether oxygens (including phenoxy) is 1. The third kappa shape index (κ3) is 2.58. The molecule has 1 heterocycles. The van der Waals surface area contributed by atoms with Crippen molar-refractivity contribution in [1.29, 1.82) is 0 Å². The molecule has 0 unspecified atom stereocenters. The number of rotatable bonds is 2. The second-order valence-electron chi connectivity index (χ2n) is 5.05. The van der Waals surface area contributed by atoms with Gasteiger partial charge in [0.15, 0.2) is 6.10 Å². The van der Waals surface area contributed by atoms with E-state index in [1.807, 2.05) is 49.4 Å². The highest BCUT2D eigenvalue weighted by molar-refractivity contribution is 5.95. The van der Waals surface area contributed by atoms with E-state index in [0.29, 0.717) is 6.61 Å². The monoisotopic (exact) mass is 267 g/mol. The van der Waals surface area contributed by atoms with Gasteiger partial charge in [-0.1, -0.05) is 42.0 Å². The fourth-order valence-electron chi connectivity index (χ4n) is 2.46. The Hall–Kier alpha value is -2.13. The zero-order valence-electron chi connectivity index (χ0n) is 11.4. The van der Waals surface area contributed by atoms with Crippen LogP contribution >= 0.6 is 0 Å². The molecule has 3 rings (SSSR count). The molecular formula is C17H17NO2. The van der Waals surface area contributed by atoms with E-state index in [-0.39, 0.29) is 5.91 Å². The number of hydrogen-bond acceptors (Lipinski definition) is 2. The molecule has 2 aromatic carbocycles. The molecule has 1 N–H and O–H groups in total. The lowest BCUT2D eigenvalue weighted by atomic mass is 9.97. The van der Waals surface area contributed by atoms with Crippen molar-refractivity contribution in [2.75, 3.05) is 11.9 Å². The quantitative estimate of drug-likeness (QED) is 0.907. The van der Waals surface area contributed by atoms with Gasteiger partial charge in [-0.25, -0.2) is 0 Å². The first-order valence-corrected chi connectivity index (χ1v) is 6.81. The van der Waals surface area contributed by atoms with Crippen LogP contribution in [0.5, 0.6) is 0 Å². The molecule has 0 saturated carbocycles. The zero-order valence-corrected chi connectivity index (χ0v) is 11.4. The Morgan fingerprint density at radius 1 is 1.15 bits per heavy atom. The predicted molar refractivity (Wildman–Crippen MR) is 78.6 cm³/mol. The van der Waals surface area contributed by atoms with Crippen LogP contribution in [0.15, 0.2) is 48.5 Å². The van der Waals surface area contributed by atoms with Crippen LogP contribution in [0.1, 0.15) is 22.8 Å². The van der Waals surface area contributed by atoms with Gasteiger partial charge in [0.05, 0.1) is 6.61 Å². The number of nitrogens with one attached hydrogen (secondary N) is 1. The van der Waals surface area contributed by atoms with Crippen LogP contribution in [0.25, 0.3) is 0 Å². The summed E-state index contributed by atoms with van der Waals surface area (Å²) in [6, 6.07) is 15.7. The highest BCUT2D eigenvalue weighted by atomic mass is 16.5. The Bertz CT molecular complexity index is 619. The largest absolute Gasteiger partial charge is 0.363 e. The third-order valence-electron chi connectivity index (χ3n) is 3.55. The van der Waals surface area contributed by atoms with E-state index in [2.05, 4.69) is 11.4 Å². The van der Waals surface area contributed by atoms with E-state index in [1.54, 1.807) is 0 Å². The first-order valence-electron chi connectivity index (χ1n) is 6.81. The van der Waals surface area contributed by atoms with Gasteiger partial charge in [-0.2, -0.15) is 0 Å². The zero-order chi connectivity index (χ0) is 13.9. The van der Waals surface area contributed by atoms with Crippen LogP contribution in [0, 0.1) is 6.92 Å². The molecule has 1 aliphatic rings. The van der Waals surface area contributed by atoms with Crippen molar-refractivity contribution in [1.82, 2.24) is 0 Å². The topological polar surface area (TPSA) is 38.3 Å². The van der Waals surface area contributed by atoms with Crippen molar-refractivity contribution < 1.29 is 9.53 Å². The predicted octanol–water partition coefficient (Wildman–Crippen LogP) is 3.25. The second-order valence-corrected chi connectivity index (χ2v) is 5.05. The van der Waals surface area contributed by atoms with E-state index < -0.39 is 6.10 Å². The number of benzene rings is 2. The fraction of sp³-hybridized carbons (Fsp3) is 0.235. The number of carbonyl (C=O) groups excluding carboxylic acids is 1. The first kappa shape index (κ1) is 12.9. The molecule has 20 heavy (non-hydrogen) atoms. The fourth-order valence-corrected chi connectivity index (χ4v) is 2.46. The number of amides is 1. The number of aryl methyl sites for hydroxylation is 1. The maximum Gasteiger partial charge on any atom is 0.258 e. The lowest BCUT2D eigenvalue weighted by Gasteiger charge is -2.25. The molecule has 0 bridgehead atoms. The van der Waals surface area contributed by atoms with E-state index >= 15 is 0 Å². The Kier molecular flexibility index (Phi) is 3.52. The average Bonchev–Trinajstić information content (AvgIpc) is 2.49. The molecule has 1 atom stereocenters. The van der Waals surface area contributed by atoms with Gasteiger partial charge in [-0.3, -0.25) is 4.79 Å². The van der Waals surface area contributed by atoms with Crippen LogP contribution in [0.3, 0.4) is 0 Å². The molecule has 3 nitrogen and oxygen atoms in total. The van der Waals surface area contributed by atoms with Gasteiger partial charge in [0, 0.05) is 5.69 Å². The first-order chi connectivity index (χ1) is 9.74. The molecule has 0 radical (unpaired) electrons. The maximum atomic E-state index is 12.4. The summed E-state index contributed by atoms with van der Waals surface area (Å²) >= 11 is 0. The number of fused-ring (bicyclic) bond motifs is 1. The summed E-state index contributed by atoms with van der Waals surface area (Å²) in [7, 11) is 0. The van der Waals surface area contributed by atoms with Gasteiger partial charge in [-0.05, 0) is 36.6 Å². The van der Waals surface area contributed by atoms with Crippen molar-refractivity contribution in [3.05, 3.63) is 65.2 Å². The molecule has 0 saturated heterocycles. The van der Waals surface area contributed by atoms with Gasteiger partial charge < -0.3 is 10.1 Å². The van der Waals surface area contributed by atoms with Crippen molar-refractivity contribution in [2.24, 2.45) is 0 Å². The smallest absolute Gasteiger partial charge is 0.258 e. The summed E-state index contributed by atoms with van der Waals surface area (Å²) in [5.41, 5.74) is 4.14. The van der Waals surface area contributed by atoms with E-state index in [4.69, 9.17) is 4.74 Å². The van der Waals surface area contributed by atoms with Gasteiger partial charge in [-0.15, -0.1) is 0 Å². The highest BCUT2D eigenvalue weighted by Crippen LogP contribution is 2.28. The van der Waals surface area contributed by atoms with Crippen molar-refractivity contribution >= 4 is 11.6 Å². The van der Waals surface area contributed by atoms with Crippen LogP contribution in [0.4, 0.5) is 5.69 Å². The van der Waals surface area contributed by atoms with Gasteiger partial charge >= 0.3 is 0 Å². The van der Waals surface area contributed by atoms with Crippen molar-refractivity contribution in [3.8, 4) is 0 Å². The van der Waals surface area contributed by atoms with Gasteiger partial charge in [0.25, 0.3) is 5.91 Å². The molecule has 0 fully saturated rings. The summed E-state index contributed by atoms with van der Waals surface area (Å²) in [5, 5.41) is 2.92. The normalized spacial score (nSPS) is 17.4. The van der Waals surface area contributed by atoms with E-state index in [0.717, 1.165) is 17.7 Å². The number of carbonyl (C=O) groups is 1. The van der Waals surface area contributed by atoms with Gasteiger partial charge in [0.2, 0.25) is 0 Å². The summed E-state index contributed by atoms with van der Waals surface area (Å²) in [4.78, 5) is 12.4. The summed E-state index contributed by atoms with van der Waals surface area (Å²) in [5.74, 6) is -0.110.